The number of carbonyl (C=O) groups is 1. The number of nitrogens with zero attached hydrogens (tertiary/aromatic N) is 1. The molecule has 0 aromatic heterocycles. The number of nitro benzene ring substituents is 1. The van der Waals surface area contributed by atoms with Crippen LogP contribution in [-0.2, 0) is 11.3 Å². The summed E-state index contributed by atoms with van der Waals surface area (Å²) in [6, 6.07) is 11.8. The van der Waals surface area contributed by atoms with Crippen LogP contribution in [0.15, 0.2) is 42.5 Å². The third-order valence-corrected chi connectivity index (χ3v) is 3.79. The highest BCUT2D eigenvalue weighted by Gasteiger charge is 2.12. The van der Waals surface area contributed by atoms with E-state index in [4.69, 9.17) is 9.47 Å². The molecule has 0 radical (unpaired) electrons. The molecule has 0 aliphatic carbocycles. The monoisotopic (exact) mass is 373 g/mol. The number of nitrogens with one attached hydrogen (secondary N) is 2. The molecule has 0 bridgehead atoms. The Morgan fingerprint density at radius 1 is 1.19 bits per heavy atom. The summed E-state index contributed by atoms with van der Waals surface area (Å²) in [5.41, 5.74) is 1.27. The predicted molar refractivity (Wildman–Crippen MR) is 102 cm³/mol. The number of para-hydroxylation sites is 2. The van der Waals surface area contributed by atoms with Crippen LogP contribution in [0.2, 0.25) is 0 Å². The first-order valence-corrected chi connectivity index (χ1v) is 8.58. The third-order valence-electron chi connectivity index (χ3n) is 3.79. The maximum atomic E-state index is 12.0. The fraction of sp³-hybridized carbons (Fsp3) is 0.316. The summed E-state index contributed by atoms with van der Waals surface area (Å²) >= 11 is 0. The molecule has 0 fully saturated rings. The molecule has 144 valence electrons. The first kappa shape index (κ1) is 20.0. The Morgan fingerprint density at radius 3 is 2.67 bits per heavy atom. The van der Waals surface area contributed by atoms with E-state index in [0.717, 1.165) is 5.56 Å². The summed E-state index contributed by atoms with van der Waals surface area (Å²) < 4.78 is 10.7. The molecule has 0 saturated heterocycles. The smallest absolute Gasteiger partial charge is 0.292 e. The Hall–Kier alpha value is -3.29. The van der Waals surface area contributed by atoms with Crippen molar-refractivity contribution < 1.29 is 19.2 Å². The zero-order chi connectivity index (χ0) is 19.6. The zero-order valence-electron chi connectivity index (χ0n) is 15.4. The first-order valence-electron chi connectivity index (χ1n) is 8.58. The molecule has 2 aromatic carbocycles. The predicted octanol–water partition coefficient (Wildman–Crippen LogP) is 3.12. The normalized spacial score (nSPS) is 10.1. The van der Waals surface area contributed by atoms with Gasteiger partial charge in [0.15, 0.2) is 11.5 Å². The highest BCUT2D eigenvalue weighted by Crippen LogP contribution is 2.28. The van der Waals surface area contributed by atoms with E-state index in [0.29, 0.717) is 36.9 Å². The molecule has 0 aliphatic rings. The zero-order valence-corrected chi connectivity index (χ0v) is 15.4. The van der Waals surface area contributed by atoms with Crippen molar-refractivity contribution in [2.75, 3.05) is 25.6 Å². The summed E-state index contributed by atoms with van der Waals surface area (Å²) in [5, 5.41) is 16.7. The molecule has 0 atom stereocenters. The second-order valence-electron chi connectivity index (χ2n) is 5.65. The molecule has 0 heterocycles. The molecule has 8 heteroatoms. The summed E-state index contributed by atoms with van der Waals surface area (Å²) in [5.74, 6) is 1.11. The van der Waals surface area contributed by atoms with E-state index < -0.39 is 4.92 Å². The maximum Gasteiger partial charge on any atom is 0.292 e. The van der Waals surface area contributed by atoms with Crippen molar-refractivity contribution in [2.45, 2.75) is 19.9 Å². The van der Waals surface area contributed by atoms with Crippen LogP contribution in [0.1, 0.15) is 18.9 Å². The van der Waals surface area contributed by atoms with Crippen molar-refractivity contribution in [3.63, 3.8) is 0 Å². The van der Waals surface area contributed by atoms with Gasteiger partial charge in [0.25, 0.3) is 5.69 Å². The number of rotatable bonds is 10. The van der Waals surface area contributed by atoms with Crippen molar-refractivity contribution in [3.05, 3.63) is 58.1 Å². The number of amides is 1. The molecular formula is C19H23N3O5. The molecule has 8 nitrogen and oxygen atoms in total. The Morgan fingerprint density at radius 2 is 1.96 bits per heavy atom. The van der Waals surface area contributed by atoms with E-state index in [1.165, 1.54) is 6.07 Å². The Labute approximate surface area is 157 Å². The molecule has 0 spiro atoms. The minimum absolute atomic E-state index is 0.0145. The highest BCUT2D eigenvalue weighted by molar-refractivity contribution is 5.76. The van der Waals surface area contributed by atoms with Crippen molar-refractivity contribution in [2.24, 2.45) is 0 Å². The van der Waals surface area contributed by atoms with Gasteiger partial charge in [0.05, 0.1) is 18.6 Å². The molecule has 0 saturated carbocycles. The van der Waals surface area contributed by atoms with Crippen molar-refractivity contribution in [1.82, 2.24) is 5.32 Å². The average Bonchev–Trinajstić information content (AvgIpc) is 2.67. The van der Waals surface area contributed by atoms with E-state index in [-0.39, 0.29) is 18.0 Å². The van der Waals surface area contributed by atoms with Crippen molar-refractivity contribution in [3.8, 4) is 11.5 Å². The number of carbonyl (C=O) groups excluding carboxylic acids is 1. The Kier molecular flexibility index (Phi) is 7.42. The Balaban J connectivity index is 1.82. The van der Waals surface area contributed by atoms with Crippen molar-refractivity contribution in [1.29, 1.82) is 0 Å². The fourth-order valence-corrected chi connectivity index (χ4v) is 2.48. The SMILES string of the molecule is CCOc1ccc(CNC(=O)CCNc2ccccc2[N+](=O)[O-])cc1OC. The molecule has 2 N–H and O–H groups in total. The van der Waals surface area contributed by atoms with Crippen LogP contribution in [-0.4, -0.2) is 31.1 Å². The topological polar surface area (TPSA) is 103 Å². The van der Waals surface area contributed by atoms with Gasteiger partial charge in [0.2, 0.25) is 5.91 Å². The lowest BCUT2D eigenvalue weighted by atomic mass is 10.2. The first-order chi connectivity index (χ1) is 13.0. The van der Waals surface area contributed by atoms with Gasteiger partial charge in [-0.2, -0.15) is 0 Å². The van der Waals surface area contributed by atoms with E-state index in [9.17, 15) is 14.9 Å². The molecule has 2 rings (SSSR count). The van der Waals surface area contributed by atoms with Gasteiger partial charge in [0, 0.05) is 25.6 Å². The lowest BCUT2D eigenvalue weighted by Crippen LogP contribution is -2.25. The number of hydrogen-bond acceptors (Lipinski definition) is 6. The van der Waals surface area contributed by atoms with Gasteiger partial charge in [-0.15, -0.1) is 0 Å². The number of benzene rings is 2. The summed E-state index contributed by atoms with van der Waals surface area (Å²) in [6.07, 6.45) is 0.195. The summed E-state index contributed by atoms with van der Waals surface area (Å²) in [4.78, 5) is 22.5. The average molecular weight is 373 g/mol. The van der Waals surface area contributed by atoms with Crippen LogP contribution in [0.4, 0.5) is 11.4 Å². The van der Waals surface area contributed by atoms with Crippen LogP contribution in [0.5, 0.6) is 11.5 Å². The van der Waals surface area contributed by atoms with Gasteiger partial charge in [-0.3, -0.25) is 14.9 Å². The second kappa shape index (κ2) is 10.0. The maximum absolute atomic E-state index is 12.0. The van der Waals surface area contributed by atoms with E-state index in [1.807, 2.05) is 19.1 Å². The largest absolute Gasteiger partial charge is 0.493 e. The van der Waals surface area contributed by atoms with E-state index >= 15 is 0 Å². The number of anilines is 1. The van der Waals surface area contributed by atoms with Gasteiger partial charge < -0.3 is 20.1 Å². The molecule has 0 aliphatic heterocycles. The second-order valence-corrected chi connectivity index (χ2v) is 5.65. The minimum atomic E-state index is -0.457. The van der Waals surface area contributed by atoms with Crippen LogP contribution in [0, 0.1) is 10.1 Å². The molecule has 0 unspecified atom stereocenters. The van der Waals surface area contributed by atoms with Crippen LogP contribution in [0.3, 0.4) is 0 Å². The summed E-state index contributed by atoms with van der Waals surface area (Å²) in [7, 11) is 1.56. The van der Waals surface area contributed by atoms with Gasteiger partial charge >= 0.3 is 0 Å². The van der Waals surface area contributed by atoms with Gasteiger partial charge in [-0.05, 0) is 30.7 Å². The van der Waals surface area contributed by atoms with Crippen LogP contribution in [0.25, 0.3) is 0 Å². The van der Waals surface area contributed by atoms with Gasteiger partial charge in [0.1, 0.15) is 5.69 Å². The molecular weight excluding hydrogens is 350 g/mol. The molecule has 1 amide bonds. The van der Waals surface area contributed by atoms with Crippen LogP contribution < -0.4 is 20.1 Å². The lowest BCUT2D eigenvalue weighted by molar-refractivity contribution is -0.384. The molecule has 2 aromatic rings. The van der Waals surface area contributed by atoms with E-state index in [2.05, 4.69) is 10.6 Å². The fourth-order valence-electron chi connectivity index (χ4n) is 2.48. The van der Waals surface area contributed by atoms with E-state index in [1.54, 1.807) is 31.4 Å². The highest BCUT2D eigenvalue weighted by atomic mass is 16.6. The van der Waals surface area contributed by atoms with Gasteiger partial charge in [-0.25, -0.2) is 0 Å². The standard InChI is InChI=1S/C19H23N3O5/c1-3-27-17-9-8-14(12-18(17)26-2)13-21-19(23)10-11-20-15-6-4-5-7-16(15)22(24)25/h4-9,12,20H,3,10-11,13H2,1-2H3,(H,21,23). The summed E-state index contributed by atoms with van der Waals surface area (Å²) in [6.45, 7) is 3.08. The minimum Gasteiger partial charge on any atom is -0.493 e. The quantitative estimate of drug-likeness (QED) is 0.490. The number of hydrogen-bond donors (Lipinski definition) is 2. The lowest BCUT2D eigenvalue weighted by Gasteiger charge is -2.12. The molecule has 27 heavy (non-hydrogen) atoms. The van der Waals surface area contributed by atoms with Crippen LogP contribution >= 0.6 is 0 Å². The third kappa shape index (κ3) is 5.88. The number of nitro groups is 1. The number of methoxy groups -OCH3 is 1. The van der Waals surface area contributed by atoms with Gasteiger partial charge in [-0.1, -0.05) is 18.2 Å². The van der Waals surface area contributed by atoms with Crippen molar-refractivity contribution >= 4 is 17.3 Å². The Bertz CT molecular complexity index is 795. The number of ether oxygens (including phenoxy) is 2.